The molecule has 0 saturated heterocycles. The molecule has 3 heteroatoms. The number of hydrogen-bond acceptors (Lipinski definition) is 2. The van der Waals surface area contributed by atoms with Crippen molar-refractivity contribution < 1.29 is 4.74 Å². The van der Waals surface area contributed by atoms with Crippen molar-refractivity contribution >= 4 is 11.6 Å². The first-order chi connectivity index (χ1) is 7.54. The van der Waals surface area contributed by atoms with Crippen molar-refractivity contribution in [2.45, 2.75) is 39.0 Å². The van der Waals surface area contributed by atoms with E-state index < -0.39 is 0 Å². The number of hydrogen-bond donors (Lipinski definition) is 1. The number of nitrogens with one attached hydrogen (secondary N) is 1. The number of methoxy groups -OCH3 is 1. The van der Waals surface area contributed by atoms with Crippen molar-refractivity contribution in [3.8, 4) is 0 Å². The van der Waals surface area contributed by atoms with Crippen LogP contribution >= 0.6 is 11.6 Å². The second-order valence-corrected chi connectivity index (χ2v) is 4.61. The van der Waals surface area contributed by atoms with Gasteiger partial charge in [-0.1, -0.05) is 23.7 Å². The lowest BCUT2D eigenvalue weighted by molar-refractivity contribution is 0.0852. The fourth-order valence-electron chi connectivity index (χ4n) is 1.61. The van der Waals surface area contributed by atoms with Gasteiger partial charge in [-0.25, -0.2) is 0 Å². The first kappa shape index (κ1) is 13.5. The molecule has 0 saturated carbocycles. The van der Waals surface area contributed by atoms with Gasteiger partial charge in [0.05, 0.1) is 6.10 Å². The summed E-state index contributed by atoms with van der Waals surface area (Å²) in [6.45, 7) is 6.31. The second kappa shape index (κ2) is 6.24. The zero-order chi connectivity index (χ0) is 12.1. The van der Waals surface area contributed by atoms with Crippen LogP contribution in [0.25, 0.3) is 0 Å². The van der Waals surface area contributed by atoms with Crippen LogP contribution in [0.3, 0.4) is 0 Å². The van der Waals surface area contributed by atoms with E-state index in [1.54, 1.807) is 7.11 Å². The molecule has 1 rings (SSSR count). The van der Waals surface area contributed by atoms with Crippen LogP contribution in [0.15, 0.2) is 24.3 Å². The Labute approximate surface area is 103 Å². The van der Waals surface area contributed by atoms with E-state index in [4.69, 9.17) is 16.3 Å². The van der Waals surface area contributed by atoms with E-state index in [-0.39, 0.29) is 12.1 Å². The third-order valence-electron chi connectivity index (χ3n) is 2.94. The summed E-state index contributed by atoms with van der Waals surface area (Å²) in [5, 5.41) is 4.27. The van der Waals surface area contributed by atoms with Gasteiger partial charge in [-0.15, -0.1) is 0 Å². The quantitative estimate of drug-likeness (QED) is 0.853. The van der Waals surface area contributed by atoms with Gasteiger partial charge < -0.3 is 10.1 Å². The molecule has 0 radical (unpaired) electrons. The van der Waals surface area contributed by atoms with Crippen LogP contribution in [0.4, 0.5) is 0 Å². The van der Waals surface area contributed by atoms with Crippen LogP contribution in [0, 0.1) is 0 Å². The van der Waals surface area contributed by atoms with Gasteiger partial charge in [0.15, 0.2) is 0 Å². The highest BCUT2D eigenvalue weighted by molar-refractivity contribution is 6.30. The molecule has 0 aliphatic rings. The fourth-order valence-corrected chi connectivity index (χ4v) is 1.80. The molecule has 0 aliphatic heterocycles. The van der Waals surface area contributed by atoms with Gasteiger partial charge in [0.2, 0.25) is 0 Å². The SMILES string of the molecule is COC(C)C(C)N[C@@H](C)c1cccc(Cl)c1. The van der Waals surface area contributed by atoms with Crippen LogP contribution in [-0.2, 0) is 4.74 Å². The average molecular weight is 242 g/mol. The summed E-state index contributed by atoms with van der Waals surface area (Å²) in [6.07, 6.45) is 0.196. The minimum Gasteiger partial charge on any atom is -0.380 e. The Hall–Kier alpha value is -0.570. The van der Waals surface area contributed by atoms with Crippen molar-refractivity contribution in [1.29, 1.82) is 0 Å². The number of halogens is 1. The van der Waals surface area contributed by atoms with Crippen molar-refractivity contribution in [3.63, 3.8) is 0 Å². The zero-order valence-corrected chi connectivity index (χ0v) is 11.1. The molecule has 3 atom stereocenters. The molecule has 16 heavy (non-hydrogen) atoms. The lowest BCUT2D eigenvalue weighted by Gasteiger charge is -2.24. The van der Waals surface area contributed by atoms with E-state index in [9.17, 15) is 0 Å². The summed E-state index contributed by atoms with van der Waals surface area (Å²) in [6, 6.07) is 8.50. The topological polar surface area (TPSA) is 21.3 Å². The standard InChI is InChI=1S/C13H20ClNO/c1-9(11(3)16-4)15-10(2)12-6-5-7-13(14)8-12/h5-11,15H,1-4H3/t9?,10-,11?/m0/s1. The molecule has 1 N–H and O–H groups in total. The van der Waals surface area contributed by atoms with Crippen molar-refractivity contribution in [2.75, 3.05) is 7.11 Å². The van der Waals surface area contributed by atoms with Crippen LogP contribution in [0.5, 0.6) is 0 Å². The molecule has 1 aromatic rings. The molecule has 1 aromatic carbocycles. The van der Waals surface area contributed by atoms with E-state index in [1.165, 1.54) is 5.56 Å². The van der Waals surface area contributed by atoms with E-state index in [0.29, 0.717) is 6.04 Å². The molecule has 2 unspecified atom stereocenters. The molecular formula is C13H20ClNO. The smallest absolute Gasteiger partial charge is 0.0693 e. The average Bonchev–Trinajstić information content (AvgIpc) is 2.27. The Bertz CT molecular complexity index is 329. The number of rotatable bonds is 5. The third-order valence-corrected chi connectivity index (χ3v) is 3.17. The van der Waals surface area contributed by atoms with E-state index >= 15 is 0 Å². The van der Waals surface area contributed by atoms with Crippen LogP contribution in [0.2, 0.25) is 5.02 Å². The maximum Gasteiger partial charge on any atom is 0.0693 e. The third kappa shape index (κ3) is 3.78. The predicted molar refractivity (Wildman–Crippen MR) is 68.9 cm³/mol. The summed E-state index contributed by atoms with van der Waals surface area (Å²) in [5.74, 6) is 0. The Balaban J connectivity index is 2.61. The lowest BCUT2D eigenvalue weighted by atomic mass is 10.1. The molecule has 0 heterocycles. The van der Waals surface area contributed by atoms with Crippen molar-refractivity contribution in [3.05, 3.63) is 34.9 Å². The maximum atomic E-state index is 5.96. The van der Waals surface area contributed by atoms with Gasteiger partial charge in [0, 0.05) is 24.2 Å². The number of benzene rings is 1. The minimum atomic E-state index is 0.196. The molecule has 0 bridgehead atoms. The van der Waals surface area contributed by atoms with E-state index in [1.807, 2.05) is 18.2 Å². The van der Waals surface area contributed by atoms with Gasteiger partial charge in [-0.2, -0.15) is 0 Å². The van der Waals surface area contributed by atoms with Crippen molar-refractivity contribution in [2.24, 2.45) is 0 Å². The molecule has 0 aliphatic carbocycles. The zero-order valence-electron chi connectivity index (χ0n) is 10.3. The first-order valence-corrected chi connectivity index (χ1v) is 5.96. The van der Waals surface area contributed by atoms with Gasteiger partial charge in [0.1, 0.15) is 0 Å². The van der Waals surface area contributed by atoms with E-state index in [0.717, 1.165) is 5.02 Å². The van der Waals surface area contributed by atoms with Gasteiger partial charge >= 0.3 is 0 Å². The van der Waals surface area contributed by atoms with Crippen LogP contribution in [0.1, 0.15) is 32.4 Å². The van der Waals surface area contributed by atoms with Crippen LogP contribution in [-0.4, -0.2) is 19.3 Å². The summed E-state index contributed by atoms with van der Waals surface area (Å²) in [7, 11) is 1.73. The first-order valence-electron chi connectivity index (χ1n) is 5.59. The summed E-state index contributed by atoms with van der Waals surface area (Å²) in [4.78, 5) is 0. The Kier molecular flexibility index (Phi) is 5.26. The summed E-state index contributed by atoms with van der Waals surface area (Å²) >= 11 is 5.96. The Morgan fingerprint density at radius 3 is 2.50 bits per heavy atom. The molecule has 0 spiro atoms. The summed E-state index contributed by atoms with van der Waals surface area (Å²) in [5.41, 5.74) is 1.20. The molecule has 0 fully saturated rings. The minimum absolute atomic E-state index is 0.196. The van der Waals surface area contributed by atoms with Gasteiger partial charge in [-0.05, 0) is 38.5 Å². The highest BCUT2D eigenvalue weighted by Gasteiger charge is 2.14. The molecule has 90 valence electrons. The van der Waals surface area contributed by atoms with Crippen LogP contribution < -0.4 is 5.32 Å². The lowest BCUT2D eigenvalue weighted by Crippen LogP contribution is -2.38. The molecule has 0 aromatic heterocycles. The monoisotopic (exact) mass is 241 g/mol. The van der Waals surface area contributed by atoms with Gasteiger partial charge in [0.25, 0.3) is 0 Å². The van der Waals surface area contributed by atoms with Crippen molar-refractivity contribution in [1.82, 2.24) is 5.32 Å². The Morgan fingerprint density at radius 1 is 1.25 bits per heavy atom. The second-order valence-electron chi connectivity index (χ2n) is 4.17. The Morgan fingerprint density at radius 2 is 1.94 bits per heavy atom. The molecular weight excluding hydrogens is 222 g/mol. The molecule has 0 amide bonds. The highest BCUT2D eigenvalue weighted by atomic mass is 35.5. The summed E-state index contributed by atoms with van der Waals surface area (Å²) < 4.78 is 5.28. The largest absolute Gasteiger partial charge is 0.380 e. The predicted octanol–water partition coefficient (Wildman–Crippen LogP) is 3.41. The normalized spacial score (nSPS) is 16.8. The highest BCUT2D eigenvalue weighted by Crippen LogP contribution is 2.18. The molecule has 2 nitrogen and oxygen atoms in total. The fraction of sp³-hybridized carbons (Fsp3) is 0.538. The maximum absolute atomic E-state index is 5.96. The van der Waals surface area contributed by atoms with E-state index in [2.05, 4.69) is 32.2 Å². The number of ether oxygens (including phenoxy) is 1. The van der Waals surface area contributed by atoms with Gasteiger partial charge in [-0.3, -0.25) is 0 Å².